The Hall–Kier alpha value is -1.69. The van der Waals surface area contributed by atoms with Gasteiger partial charge in [0, 0.05) is 25.5 Å². The van der Waals surface area contributed by atoms with Gasteiger partial charge in [0.15, 0.2) is 0 Å². The topological polar surface area (TPSA) is 92.3 Å². The van der Waals surface area contributed by atoms with Crippen LogP contribution in [-0.2, 0) is 4.79 Å². The Labute approximate surface area is 93.1 Å². The summed E-state index contributed by atoms with van der Waals surface area (Å²) in [5.41, 5.74) is 5.56. The molecule has 1 aliphatic heterocycles. The van der Waals surface area contributed by atoms with Crippen molar-refractivity contribution in [2.75, 3.05) is 18.0 Å². The fraction of sp³-hybridized carbons (Fsp3) is 0.500. The smallest absolute Gasteiger partial charge is 0.325 e. The predicted octanol–water partition coefficient (Wildman–Crippen LogP) is -0.223. The molecule has 0 amide bonds. The number of aliphatic carboxylic acids is 1. The molecule has 86 valence electrons. The Morgan fingerprint density at radius 1 is 1.56 bits per heavy atom. The summed E-state index contributed by atoms with van der Waals surface area (Å²) in [5, 5.41) is 8.99. The SMILES string of the molecule is Cc1cnc(N2CCC(N)(C(=O)O)C2)nc1. The molecule has 0 radical (unpaired) electrons. The molecule has 3 N–H and O–H groups in total. The molecule has 1 fully saturated rings. The van der Waals surface area contributed by atoms with Crippen LogP contribution in [0.3, 0.4) is 0 Å². The summed E-state index contributed by atoms with van der Waals surface area (Å²) in [6.45, 7) is 2.73. The van der Waals surface area contributed by atoms with Crippen molar-refractivity contribution >= 4 is 11.9 Å². The van der Waals surface area contributed by atoms with Gasteiger partial charge in [-0.1, -0.05) is 0 Å². The first-order valence-corrected chi connectivity index (χ1v) is 5.07. The lowest BCUT2D eigenvalue weighted by Gasteiger charge is -2.19. The van der Waals surface area contributed by atoms with Gasteiger partial charge in [0.1, 0.15) is 5.54 Å². The van der Waals surface area contributed by atoms with E-state index < -0.39 is 11.5 Å². The molecule has 6 nitrogen and oxygen atoms in total. The number of anilines is 1. The van der Waals surface area contributed by atoms with E-state index in [0.717, 1.165) is 5.56 Å². The van der Waals surface area contributed by atoms with Crippen LogP contribution >= 0.6 is 0 Å². The third-order valence-corrected chi connectivity index (χ3v) is 2.78. The molecule has 0 bridgehead atoms. The predicted molar refractivity (Wildman–Crippen MR) is 58.2 cm³/mol. The molecular formula is C10H14N4O2. The van der Waals surface area contributed by atoms with Crippen LogP contribution in [0.25, 0.3) is 0 Å². The summed E-state index contributed by atoms with van der Waals surface area (Å²) < 4.78 is 0. The van der Waals surface area contributed by atoms with Crippen molar-refractivity contribution in [3.05, 3.63) is 18.0 Å². The van der Waals surface area contributed by atoms with Crippen LogP contribution in [0.2, 0.25) is 0 Å². The van der Waals surface area contributed by atoms with Crippen molar-refractivity contribution < 1.29 is 9.90 Å². The van der Waals surface area contributed by atoms with Crippen LogP contribution in [0, 0.1) is 6.92 Å². The average Bonchev–Trinajstić information content (AvgIpc) is 2.63. The largest absolute Gasteiger partial charge is 0.480 e. The lowest BCUT2D eigenvalue weighted by Crippen LogP contribution is -2.50. The molecule has 2 rings (SSSR count). The fourth-order valence-electron chi connectivity index (χ4n) is 1.73. The number of hydrogen-bond donors (Lipinski definition) is 2. The van der Waals surface area contributed by atoms with Crippen LogP contribution < -0.4 is 10.6 Å². The quantitative estimate of drug-likeness (QED) is 0.718. The Bertz CT molecular complexity index is 406. The summed E-state index contributed by atoms with van der Waals surface area (Å²) >= 11 is 0. The second kappa shape index (κ2) is 3.71. The van der Waals surface area contributed by atoms with Gasteiger partial charge >= 0.3 is 5.97 Å². The number of carboxylic acids is 1. The number of aromatic nitrogens is 2. The highest BCUT2D eigenvalue weighted by molar-refractivity contribution is 5.80. The molecular weight excluding hydrogens is 208 g/mol. The van der Waals surface area contributed by atoms with Crippen molar-refractivity contribution in [1.82, 2.24) is 9.97 Å². The average molecular weight is 222 g/mol. The first-order chi connectivity index (χ1) is 7.51. The maximum atomic E-state index is 11.0. The Kier molecular flexibility index (Phi) is 2.51. The molecule has 6 heteroatoms. The number of hydrogen-bond acceptors (Lipinski definition) is 5. The highest BCUT2D eigenvalue weighted by Crippen LogP contribution is 2.22. The van der Waals surface area contributed by atoms with Crippen molar-refractivity contribution in [2.45, 2.75) is 18.9 Å². The van der Waals surface area contributed by atoms with E-state index in [1.165, 1.54) is 0 Å². The van der Waals surface area contributed by atoms with Gasteiger partial charge in [0.2, 0.25) is 5.95 Å². The van der Waals surface area contributed by atoms with E-state index >= 15 is 0 Å². The second-order valence-electron chi connectivity index (χ2n) is 4.19. The minimum absolute atomic E-state index is 0.255. The van der Waals surface area contributed by atoms with Crippen LogP contribution in [0.1, 0.15) is 12.0 Å². The normalized spacial score (nSPS) is 24.8. The molecule has 1 aromatic rings. The van der Waals surface area contributed by atoms with E-state index in [1.54, 1.807) is 17.3 Å². The van der Waals surface area contributed by atoms with Crippen LogP contribution in [0.5, 0.6) is 0 Å². The fourth-order valence-corrected chi connectivity index (χ4v) is 1.73. The molecule has 0 spiro atoms. The Morgan fingerprint density at radius 2 is 2.19 bits per heavy atom. The Morgan fingerprint density at radius 3 is 2.69 bits per heavy atom. The summed E-state index contributed by atoms with van der Waals surface area (Å²) in [6.07, 6.45) is 3.83. The molecule has 1 aliphatic rings. The van der Waals surface area contributed by atoms with Gasteiger partial charge in [-0.05, 0) is 18.9 Å². The summed E-state index contributed by atoms with van der Waals surface area (Å²) in [5.74, 6) is -0.429. The first kappa shape index (κ1) is 10.8. The minimum atomic E-state index is -1.17. The van der Waals surface area contributed by atoms with Gasteiger partial charge in [-0.15, -0.1) is 0 Å². The number of carboxylic acid groups (broad SMARTS) is 1. The number of nitrogens with two attached hydrogens (primary N) is 1. The number of rotatable bonds is 2. The van der Waals surface area contributed by atoms with E-state index in [2.05, 4.69) is 9.97 Å². The summed E-state index contributed by atoms with van der Waals surface area (Å²) in [7, 11) is 0. The second-order valence-corrected chi connectivity index (χ2v) is 4.19. The van der Waals surface area contributed by atoms with Crippen molar-refractivity contribution in [1.29, 1.82) is 0 Å². The molecule has 1 aromatic heterocycles. The minimum Gasteiger partial charge on any atom is -0.480 e. The van der Waals surface area contributed by atoms with Crippen molar-refractivity contribution in [2.24, 2.45) is 5.73 Å². The summed E-state index contributed by atoms with van der Waals surface area (Å²) in [6, 6.07) is 0. The molecule has 1 atom stereocenters. The van der Waals surface area contributed by atoms with Crippen LogP contribution in [-0.4, -0.2) is 39.7 Å². The third kappa shape index (κ3) is 1.83. The molecule has 1 unspecified atom stereocenters. The third-order valence-electron chi connectivity index (χ3n) is 2.78. The zero-order chi connectivity index (χ0) is 11.8. The number of nitrogens with zero attached hydrogens (tertiary/aromatic N) is 3. The van der Waals surface area contributed by atoms with E-state index in [9.17, 15) is 4.79 Å². The lowest BCUT2D eigenvalue weighted by atomic mass is 10.0. The van der Waals surface area contributed by atoms with E-state index in [1.807, 2.05) is 6.92 Å². The van der Waals surface area contributed by atoms with Gasteiger partial charge < -0.3 is 15.7 Å². The van der Waals surface area contributed by atoms with Gasteiger partial charge in [-0.2, -0.15) is 0 Å². The highest BCUT2D eigenvalue weighted by Gasteiger charge is 2.42. The van der Waals surface area contributed by atoms with Gasteiger partial charge in [-0.3, -0.25) is 4.79 Å². The monoisotopic (exact) mass is 222 g/mol. The highest BCUT2D eigenvalue weighted by atomic mass is 16.4. The van der Waals surface area contributed by atoms with Crippen molar-refractivity contribution in [3.8, 4) is 0 Å². The maximum Gasteiger partial charge on any atom is 0.325 e. The zero-order valence-corrected chi connectivity index (χ0v) is 9.05. The van der Waals surface area contributed by atoms with E-state index in [0.29, 0.717) is 18.9 Å². The molecule has 0 saturated carbocycles. The molecule has 0 aliphatic carbocycles. The molecule has 16 heavy (non-hydrogen) atoms. The molecule has 2 heterocycles. The number of aryl methyl sites for hydroxylation is 1. The van der Waals surface area contributed by atoms with Gasteiger partial charge in [0.25, 0.3) is 0 Å². The van der Waals surface area contributed by atoms with E-state index in [4.69, 9.17) is 10.8 Å². The summed E-state index contributed by atoms with van der Waals surface area (Å²) in [4.78, 5) is 21.1. The van der Waals surface area contributed by atoms with Crippen LogP contribution in [0.4, 0.5) is 5.95 Å². The van der Waals surface area contributed by atoms with Crippen LogP contribution in [0.15, 0.2) is 12.4 Å². The molecule has 0 aromatic carbocycles. The standard InChI is InChI=1S/C10H14N4O2/c1-7-4-12-9(13-5-7)14-3-2-10(11,6-14)8(15)16/h4-5H,2-3,6,11H2,1H3,(H,15,16). The van der Waals surface area contributed by atoms with Crippen molar-refractivity contribution in [3.63, 3.8) is 0 Å². The lowest BCUT2D eigenvalue weighted by molar-refractivity contribution is -0.142. The number of carbonyl (C=O) groups is 1. The van der Waals surface area contributed by atoms with E-state index in [-0.39, 0.29) is 6.54 Å². The molecule has 1 saturated heterocycles. The van der Waals surface area contributed by atoms with Gasteiger partial charge in [0.05, 0.1) is 0 Å². The zero-order valence-electron chi connectivity index (χ0n) is 9.05. The first-order valence-electron chi connectivity index (χ1n) is 5.07. The van der Waals surface area contributed by atoms with Gasteiger partial charge in [-0.25, -0.2) is 9.97 Å². The maximum absolute atomic E-state index is 11.0. The Balaban J connectivity index is 2.15.